The number of aliphatic carboxylic acids is 1. The lowest BCUT2D eigenvalue weighted by atomic mass is 9.91. The molecule has 0 saturated carbocycles. The smallest absolute Gasteiger partial charge is 0.417 e. The Labute approximate surface area is 175 Å². The van der Waals surface area contributed by atoms with Crippen LogP contribution in [-0.4, -0.2) is 35.5 Å². The summed E-state index contributed by atoms with van der Waals surface area (Å²) in [5.74, 6) is -8.13. The Hall–Kier alpha value is -3.17. The van der Waals surface area contributed by atoms with Crippen LogP contribution in [0.15, 0.2) is 36.4 Å². The zero-order chi connectivity index (χ0) is 23.6. The van der Waals surface area contributed by atoms with Gasteiger partial charge in [0.1, 0.15) is 5.75 Å². The number of halogens is 5. The Morgan fingerprint density at radius 1 is 1.03 bits per heavy atom. The van der Waals surface area contributed by atoms with Gasteiger partial charge in [-0.1, -0.05) is 24.3 Å². The van der Waals surface area contributed by atoms with Gasteiger partial charge in [0.25, 0.3) is 0 Å². The predicted octanol–water partition coefficient (Wildman–Crippen LogP) is 4.93. The molecular weight excluding hydrogens is 425 g/mol. The average molecular weight is 445 g/mol. The lowest BCUT2D eigenvalue weighted by Gasteiger charge is -2.24. The number of carbonyl (C=O) groups is 2. The van der Waals surface area contributed by atoms with Gasteiger partial charge in [-0.05, 0) is 30.2 Å². The Bertz CT molecular complexity index is 988. The van der Waals surface area contributed by atoms with Gasteiger partial charge in [0.2, 0.25) is 5.91 Å². The van der Waals surface area contributed by atoms with E-state index in [0.29, 0.717) is 24.2 Å². The van der Waals surface area contributed by atoms with Crippen molar-refractivity contribution in [3.8, 4) is 16.9 Å². The van der Waals surface area contributed by atoms with E-state index >= 15 is 0 Å². The van der Waals surface area contributed by atoms with Crippen LogP contribution in [-0.2, 0) is 28.2 Å². The van der Waals surface area contributed by atoms with Gasteiger partial charge < -0.3 is 14.7 Å². The molecule has 0 radical (unpaired) electrons. The van der Waals surface area contributed by atoms with E-state index in [1.807, 2.05) is 0 Å². The van der Waals surface area contributed by atoms with Gasteiger partial charge in [0, 0.05) is 31.1 Å². The lowest BCUT2D eigenvalue weighted by Crippen LogP contribution is -2.29. The van der Waals surface area contributed by atoms with E-state index in [1.165, 1.54) is 24.0 Å². The molecule has 1 N–H and O–H groups in total. The molecule has 0 unspecified atom stereocenters. The molecule has 0 aromatic heterocycles. The molecule has 0 saturated heterocycles. The second kappa shape index (κ2) is 8.91. The van der Waals surface area contributed by atoms with E-state index in [9.17, 15) is 31.5 Å². The number of amides is 1. The van der Waals surface area contributed by atoms with Crippen molar-refractivity contribution in [1.82, 2.24) is 4.90 Å². The van der Waals surface area contributed by atoms with Gasteiger partial charge in [-0.15, -0.1) is 0 Å². The second-order valence-corrected chi connectivity index (χ2v) is 6.67. The molecule has 10 heteroatoms. The molecule has 168 valence electrons. The van der Waals surface area contributed by atoms with Crippen molar-refractivity contribution in [2.45, 2.75) is 32.5 Å². The molecule has 0 atom stereocenters. The van der Waals surface area contributed by atoms with Gasteiger partial charge in [0.05, 0.1) is 12.7 Å². The van der Waals surface area contributed by atoms with Crippen molar-refractivity contribution < 1.29 is 41.4 Å². The van der Waals surface area contributed by atoms with E-state index in [4.69, 9.17) is 9.84 Å². The minimum absolute atomic E-state index is 0.0663. The Morgan fingerprint density at radius 3 is 2.13 bits per heavy atom. The molecule has 2 rings (SSSR count). The molecule has 0 aliphatic carbocycles. The maximum atomic E-state index is 14.3. The standard InChI is InChI=1S/C21H20F5NO4/c1-4-27(12(2)28)11-13-7-5-6-8-14(13)15-9-16(20(22,23)19(29)30)17(21(24,25)26)10-18(15)31-3/h5-10H,4,11H2,1-3H3,(H,29,30). The minimum Gasteiger partial charge on any atom is -0.496 e. The van der Waals surface area contributed by atoms with Crippen LogP contribution in [0.3, 0.4) is 0 Å². The molecule has 0 aliphatic rings. The van der Waals surface area contributed by atoms with E-state index in [1.54, 1.807) is 19.1 Å². The van der Waals surface area contributed by atoms with Crippen LogP contribution < -0.4 is 4.74 Å². The molecular formula is C21H20F5NO4. The molecule has 5 nitrogen and oxygen atoms in total. The lowest BCUT2D eigenvalue weighted by molar-refractivity contribution is -0.169. The Morgan fingerprint density at radius 2 is 1.65 bits per heavy atom. The van der Waals surface area contributed by atoms with Crippen molar-refractivity contribution in [3.05, 3.63) is 53.1 Å². The normalized spacial score (nSPS) is 11.9. The summed E-state index contributed by atoms with van der Waals surface area (Å²) >= 11 is 0. The number of hydrogen-bond acceptors (Lipinski definition) is 3. The fraction of sp³-hybridized carbons (Fsp3) is 0.333. The monoisotopic (exact) mass is 445 g/mol. The first-order chi connectivity index (χ1) is 14.3. The van der Waals surface area contributed by atoms with Crippen LogP contribution >= 0.6 is 0 Å². The quantitative estimate of drug-likeness (QED) is 0.614. The van der Waals surface area contributed by atoms with Gasteiger partial charge in [-0.3, -0.25) is 4.79 Å². The van der Waals surface area contributed by atoms with Crippen LogP contribution in [0.5, 0.6) is 5.75 Å². The molecule has 0 heterocycles. The number of carboxylic acids is 1. The van der Waals surface area contributed by atoms with Gasteiger partial charge in [-0.2, -0.15) is 22.0 Å². The first-order valence-electron chi connectivity index (χ1n) is 9.09. The number of rotatable bonds is 7. The van der Waals surface area contributed by atoms with Gasteiger partial charge >= 0.3 is 18.1 Å². The zero-order valence-electron chi connectivity index (χ0n) is 16.9. The number of alkyl halides is 5. The number of ether oxygens (including phenoxy) is 1. The minimum atomic E-state index is -5.24. The van der Waals surface area contributed by atoms with Crippen LogP contribution in [0, 0.1) is 0 Å². The maximum Gasteiger partial charge on any atom is 0.417 e. The summed E-state index contributed by atoms with van der Waals surface area (Å²) < 4.78 is 73.9. The van der Waals surface area contributed by atoms with E-state index in [2.05, 4.69) is 0 Å². The van der Waals surface area contributed by atoms with Crippen LogP contribution in [0.1, 0.15) is 30.5 Å². The summed E-state index contributed by atoms with van der Waals surface area (Å²) in [5, 5.41) is 8.85. The fourth-order valence-electron chi connectivity index (χ4n) is 3.14. The third-order valence-corrected chi connectivity index (χ3v) is 4.75. The van der Waals surface area contributed by atoms with Crippen molar-refractivity contribution in [1.29, 1.82) is 0 Å². The molecule has 2 aromatic rings. The molecule has 2 aromatic carbocycles. The molecule has 0 aliphatic heterocycles. The highest BCUT2D eigenvalue weighted by Crippen LogP contribution is 2.45. The highest BCUT2D eigenvalue weighted by molar-refractivity contribution is 5.82. The molecule has 1 amide bonds. The highest BCUT2D eigenvalue weighted by atomic mass is 19.4. The van der Waals surface area contributed by atoms with Crippen LogP contribution in [0.25, 0.3) is 11.1 Å². The summed E-state index contributed by atoms with van der Waals surface area (Å²) in [6.07, 6.45) is -5.24. The Kier molecular flexibility index (Phi) is 6.93. The number of carbonyl (C=O) groups excluding carboxylic acids is 1. The van der Waals surface area contributed by atoms with E-state index in [-0.39, 0.29) is 29.3 Å². The summed E-state index contributed by atoms with van der Waals surface area (Å²) in [4.78, 5) is 24.3. The zero-order valence-corrected chi connectivity index (χ0v) is 16.9. The topological polar surface area (TPSA) is 66.8 Å². The number of methoxy groups -OCH3 is 1. The summed E-state index contributed by atoms with van der Waals surface area (Å²) in [6.45, 7) is 3.48. The summed E-state index contributed by atoms with van der Waals surface area (Å²) in [5.41, 5.74) is -2.96. The highest BCUT2D eigenvalue weighted by Gasteiger charge is 2.49. The SMILES string of the molecule is CCN(Cc1ccccc1-c1cc(C(F)(F)C(=O)O)c(C(F)(F)F)cc1OC)C(C)=O. The summed E-state index contributed by atoms with van der Waals surface area (Å²) in [7, 11) is 1.07. The molecule has 0 spiro atoms. The first kappa shape index (κ1) is 24.1. The average Bonchev–Trinajstić information content (AvgIpc) is 2.70. The second-order valence-electron chi connectivity index (χ2n) is 6.67. The Balaban J connectivity index is 2.82. The van der Waals surface area contributed by atoms with Crippen LogP contribution in [0.2, 0.25) is 0 Å². The molecule has 0 fully saturated rings. The summed E-state index contributed by atoms with van der Waals surface area (Å²) in [6, 6.07) is 7.06. The first-order valence-corrected chi connectivity index (χ1v) is 9.09. The predicted molar refractivity (Wildman–Crippen MR) is 102 cm³/mol. The van der Waals surface area contributed by atoms with E-state index < -0.39 is 29.2 Å². The van der Waals surface area contributed by atoms with E-state index in [0.717, 1.165) is 7.11 Å². The third kappa shape index (κ3) is 4.95. The van der Waals surface area contributed by atoms with Gasteiger partial charge in [-0.25, -0.2) is 4.79 Å². The number of nitrogens with zero attached hydrogens (tertiary/aromatic N) is 1. The third-order valence-electron chi connectivity index (χ3n) is 4.75. The molecule has 0 bridgehead atoms. The fourth-order valence-corrected chi connectivity index (χ4v) is 3.14. The van der Waals surface area contributed by atoms with Gasteiger partial charge in [0.15, 0.2) is 0 Å². The van der Waals surface area contributed by atoms with Crippen molar-refractivity contribution in [2.75, 3.05) is 13.7 Å². The number of benzene rings is 2. The largest absolute Gasteiger partial charge is 0.496 e. The van der Waals surface area contributed by atoms with Crippen molar-refractivity contribution >= 4 is 11.9 Å². The number of hydrogen-bond donors (Lipinski definition) is 1. The van der Waals surface area contributed by atoms with Crippen molar-refractivity contribution in [3.63, 3.8) is 0 Å². The maximum absolute atomic E-state index is 14.3. The van der Waals surface area contributed by atoms with Crippen molar-refractivity contribution in [2.24, 2.45) is 0 Å². The number of carboxylic acid groups (broad SMARTS) is 1. The molecule has 31 heavy (non-hydrogen) atoms. The van der Waals surface area contributed by atoms with Crippen LogP contribution in [0.4, 0.5) is 22.0 Å².